The Bertz CT molecular complexity index is 785. The summed E-state index contributed by atoms with van der Waals surface area (Å²) < 4.78 is 1.57. The maximum atomic E-state index is 12.2. The normalized spacial score (nSPS) is 10.5. The fraction of sp³-hybridized carbons (Fsp3) is 0.176. The number of anilines is 1. The second-order valence-electron chi connectivity index (χ2n) is 5.28. The quantitative estimate of drug-likeness (QED) is 0.747. The third kappa shape index (κ3) is 4.20. The standard InChI is InChI=1S/C17H17N5OS/c1-24-11-14-2-6-15(7-3-14)19-17(23)10-13-4-8-16(9-5-13)22-12-18-20-21-22/h2-9,12H,10-11H2,1H3,(H,19,23). The first-order valence-electron chi connectivity index (χ1n) is 7.44. The van der Waals surface area contributed by atoms with Crippen molar-refractivity contribution in [1.29, 1.82) is 0 Å². The molecule has 0 radical (unpaired) electrons. The zero-order valence-corrected chi connectivity index (χ0v) is 14.0. The van der Waals surface area contributed by atoms with Gasteiger partial charge in [-0.25, -0.2) is 4.68 Å². The van der Waals surface area contributed by atoms with Crippen molar-refractivity contribution >= 4 is 23.4 Å². The summed E-state index contributed by atoms with van der Waals surface area (Å²) >= 11 is 1.78. The summed E-state index contributed by atoms with van der Waals surface area (Å²) in [6.45, 7) is 0. The van der Waals surface area contributed by atoms with E-state index in [0.29, 0.717) is 6.42 Å². The van der Waals surface area contributed by atoms with Crippen LogP contribution in [0.25, 0.3) is 5.69 Å². The average molecular weight is 339 g/mol. The maximum Gasteiger partial charge on any atom is 0.228 e. The molecule has 0 aliphatic heterocycles. The van der Waals surface area contributed by atoms with Crippen LogP contribution in [0, 0.1) is 0 Å². The molecule has 122 valence electrons. The van der Waals surface area contributed by atoms with Crippen molar-refractivity contribution in [3.8, 4) is 5.69 Å². The van der Waals surface area contributed by atoms with Gasteiger partial charge in [0.1, 0.15) is 6.33 Å². The monoisotopic (exact) mass is 339 g/mol. The lowest BCUT2D eigenvalue weighted by molar-refractivity contribution is -0.115. The Morgan fingerprint density at radius 1 is 1.08 bits per heavy atom. The summed E-state index contributed by atoms with van der Waals surface area (Å²) in [5.41, 5.74) is 3.85. The van der Waals surface area contributed by atoms with E-state index in [1.165, 1.54) is 11.9 Å². The van der Waals surface area contributed by atoms with E-state index in [1.54, 1.807) is 16.4 Å². The topological polar surface area (TPSA) is 72.7 Å². The smallest absolute Gasteiger partial charge is 0.228 e. The number of tetrazole rings is 1. The molecule has 0 atom stereocenters. The number of amides is 1. The molecule has 0 saturated heterocycles. The molecule has 1 amide bonds. The fourth-order valence-electron chi connectivity index (χ4n) is 2.29. The van der Waals surface area contributed by atoms with Gasteiger partial charge in [0, 0.05) is 11.4 Å². The molecule has 6 nitrogen and oxygen atoms in total. The van der Waals surface area contributed by atoms with Gasteiger partial charge in [-0.05, 0) is 52.1 Å². The van der Waals surface area contributed by atoms with E-state index in [9.17, 15) is 4.79 Å². The predicted molar refractivity (Wildman–Crippen MR) is 95.1 cm³/mol. The summed E-state index contributed by atoms with van der Waals surface area (Å²) in [7, 11) is 0. The minimum Gasteiger partial charge on any atom is -0.326 e. The number of aromatic nitrogens is 4. The molecule has 0 saturated carbocycles. The molecule has 0 bridgehead atoms. The minimum atomic E-state index is -0.0391. The van der Waals surface area contributed by atoms with Gasteiger partial charge in [-0.1, -0.05) is 24.3 Å². The van der Waals surface area contributed by atoms with E-state index in [1.807, 2.05) is 48.5 Å². The van der Waals surface area contributed by atoms with Gasteiger partial charge >= 0.3 is 0 Å². The summed E-state index contributed by atoms with van der Waals surface area (Å²) in [6.07, 6.45) is 3.92. The van der Waals surface area contributed by atoms with Crippen LogP contribution in [0.1, 0.15) is 11.1 Å². The largest absolute Gasteiger partial charge is 0.326 e. The molecule has 0 aliphatic rings. The Morgan fingerprint density at radius 2 is 1.79 bits per heavy atom. The average Bonchev–Trinajstić information content (AvgIpc) is 3.12. The lowest BCUT2D eigenvalue weighted by Gasteiger charge is -2.07. The second kappa shape index (κ2) is 7.74. The van der Waals surface area contributed by atoms with Crippen LogP contribution in [0.2, 0.25) is 0 Å². The first kappa shape index (κ1) is 16.2. The molecular formula is C17H17N5OS. The van der Waals surface area contributed by atoms with Crippen LogP contribution in [0.5, 0.6) is 0 Å². The molecule has 0 unspecified atom stereocenters. The van der Waals surface area contributed by atoms with E-state index in [0.717, 1.165) is 22.7 Å². The van der Waals surface area contributed by atoms with Gasteiger partial charge in [0.05, 0.1) is 12.1 Å². The van der Waals surface area contributed by atoms with Gasteiger partial charge in [-0.3, -0.25) is 4.79 Å². The van der Waals surface area contributed by atoms with Crippen LogP contribution in [-0.4, -0.2) is 32.4 Å². The number of hydrogen-bond acceptors (Lipinski definition) is 5. The van der Waals surface area contributed by atoms with Crippen molar-refractivity contribution in [2.24, 2.45) is 0 Å². The first-order valence-corrected chi connectivity index (χ1v) is 8.84. The van der Waals surface area contributed by atoms with Crippen LogP contribution in [0.4, 0.5) is 5.69 Å². The number of nitrogens with one attached hydrogen (secondary N) is 1. The highest BCUT2D eigenvalue weighted by molar-refractivity contribution is 7.97. The van der Waals surface area contributed by atoms with Crippen molar-refractivity contribution in [1.82, 2.24) is 20.2 Å². The molecule has 3 aromatic rings. The van der Waals surface area contributed by atoms with Gasteiger partial charge in [0.2, 0.25) is 5.91 Å². The Labute approximate surface area is 144 Å². The number of carbonyl (C=O) groups is 1. The first-order chi connectivity index (χ1) is 11.7. The molecule has 1 heterocycles. The molecule has 7 heteroatoms. The zero-order chi connectivity index (χ0) is 16.8. The molecule has 0 spiro atoms. The van der Waals surface area contributed by atoms with Crippen LogP contribution in [-0.2, 0) is 17.0 Å². The number of rotatable bonds is 6. The molecular weight excluding hydrogens is 322 g/mol. The molecule has 1 aromatic heterocycles. The van der Waals surface area contributed by atoms with Crippen LogP contribution < -0.4 is 5.32 Å². The molecule has 24 heavy (non-hydrogen) atoms. The van der Waals surface area contributed by atoms with Crippen molar-refractivity contribution in [2.75, 3.05) is 11.6 Å². The molecule has 0 fully saturated rings. The number of thioether (sulfide) groups is 1. The Morgan fingerprint density at radius 3 is 2.42 bits per heavy atom. The van der Waals surface area contributed by atoms with E-state index in [-0.39, 0.29) is 5.91 Å². The SMILES string of the molecule is CSCc1ccc(NC(=O)Cc2ccc(-n3cnnn3)cc2)cc1. The highest BCUT2D eigenvalue weighted by atomic mass is 32.2. The van der Waals surface area contributed by atoms with E-state index in [4.69, 9.17) is 0 Å². The van der Waals surface area contributed by atoms with E-state index < -0.39 is 0 Å². The summed E-state index contributed by atoms with van der Waals surface area (Å²) in [5, 5.41) is 13.9. The molecule has 1 N–H and O–H groups in total. The second-order valence-corrected chi connectivity index (χ2v) is 6.14. The van der Waals surface area contributed by atoms with E-state index in [2.05, 4.69) is 27.1 Å². The van der Waals surface area contributed by atoms with Gasteiger partial charge in [0.25, 0.3) is 0 Å². The molecule has 0 aliphatic carbocycles. The number of carbonyl (C=O) groups excluding carboxylic acids is 1. The Kier molecular flexibility index (Phi) is 5.22. The third-order valence-electron chi connectivity index (χ3n) is 3.46. The lowest BCUT2D eigenvalue weighted by atomic mass is 10.1. The Hall–Kier alpha value is -2.67. The van der Waals surface area contributed by atoms with Crippen LogP contribution in [0.3, 0.4) is 0 Å². The van der Waals surface area contributed by atoms with Gasteiger partial charge in [-0.15, -0.1) is 5.10 Å². The summed E-state index contributed by atoms with van der Waals surface area (Å²) in [4.78, 5) is 12.2. The number of nitrogens with zero attached hydrogens (tertiary/aromatic N) is 4. The van der Waals surface area contributed by atoms with Gasteiger partial charge < -0.3 is 5.32 Å². The molecule has 2 aromatic carbocycles. The van der Waals surface area contributed by atoms with Crippen molar-refractivity contribution in [2.45, 2.75) is 12.2 Å². The third-order valence-corrected chi connectivity index (χ3v) is 4.09. The predicted octanol–water partition coefficient (Wildman–Crippen LogP) is 2.71. The summed E-state index contributed by atoms with van der Waals surface area (Å²) in [5.74, 6) is 0.935. The highest BCUT2D eigenvalue weighted by Crippen LogP contribution is 2.14. The van der Waals surface area contributed by atoms with Gasteiger partial charge in [0.15, 0.2) is 0 Å². The molecule has 3 rings (SSSR count). The minimum absolute atomic E-state index is 0.0391. The highest BCUT2D eigenvalue weighted by Gasteiger charge is 2.05. The van der Waals surface area contributed by atoms with Crippen molar-refractivity contribution < 1.29 is 4.79 Å². The van der Waals surface area contributed by atoms with Crippen molar-refractivity contribution in [3.63, 3.8) is 0 Å². The van der Waals surface area contributed by atoms with Gasteiger partial charge in [-0.2, -0.15) is 11.8 Å². The summed E-state index contributed by atoms with van der Waals surface area (Å²) in [6, 6.07) is 15.5. The maximum absolute atomic E-state index is 12.2. The number of benzene rings is 2. The zero-order valence-electron chi connectivity index (χ0n) is 13.2. The van der Waals surface area contributed by atoms with Crippen LogP contribution in [0.15, 0.2) is 54.9 Å². The lowest BCUT2D eigenvalue weighted by Crippen LogP contribution is -2.14. The van der Waals surface area contributed by atoms with Crippen LogP contribution >= 0.6 is 11.8 Å². The van der Waals surface area contributed by atoms with E-state index >= 15 is 0 Å². The number of hydrogen-bond donors (Lipinski definition) is 1. The van der Waals surface area contributed by atoms with Crippen molar-refractivity contribution in [3.05, 3.63) is 66.0 Å². The Balaban J connectivity index is 1.58. The fourth-order valence-corrected chi connectivity index (χ4v) is 2.81.